The standard InChI is InChI=1S/C16H21N3OS/c1-15(2)10(16(15,3)4)8-19-14(20)13-11(17)12-9(21-13)6-5-7-18-12/h5-7,10H,8,17H2,1-4H3,(H,19,20). The van der Waals surface area contributed by atoms with Gasteiger partial charge in [0.1, 0.15) is 10.4 Å². The van der Waals surface area contributed by atoms with Gasteiger partial charge >= 0.3 is 0 Å². The number of hydrogen-bond acceptors (Lipinski definition) is 4. The number of hydrogen-bond donors (Lipinski definition) is 2. The monoisotopic (exact) mass is 303 g/mol. The number of carbonyl (C=O) groups is 1. The van der Waals surface area contributed by atoms with Crippen LogP contribution in [0.3, 0.4) is 0 Å². The molecule has 0 bridgehead atoms. The first-order chi connectivity index (χ1) is 9.76. The average Bonchev–Trinajstić information content (AvgIpc) is 2.71. The van der Waals surface area contributed by atoms with Crippen LogP contribution >= 0.6 is 11.3 Å². The van der Waals surface area contributed by atoms with Gasteiger partial charge < -0.3 is 11.1 Å². The maximum absolute atomic E-state index is 12.4. The molecule has 0 saturated heterocycles. The molecule has 21 heavy (non-hydrogen) atoms. The molecule has 0 aromatic carbocycles. The molecule has 3 N–H and O–H groups in total. The number of pyridine rings is 1. The van der Waals surface area contributed by atoms with Crippen LogP contribution in [-0.4, -0.2) is 17.4 Å². The van der Waals surface area contributed by atoms with Crippen molar-refractivity contribution < 1.29 is 4.79 Å². The fraction of sp³-hybridized carbons (Fsp3) is 0.500. The highest BCUT2D eigenvalue weighted by atomic mass is 32.1. The van der Waals surface area contributed by atoms with Crippen molar-refractivity contribution in [1.29, 1.82) is 0 Å². The van der Waals surface area contributed by atoms with Crippen LogP contribution in [-0.2, 0) is 0 Å². The minimum atomic E-state index is -0.0889. The molecule has 1 aliphatic carbocycles. The van der Waals surface area contributed by atoms with Gasteiger partial charge in [-0.1, -0.05) is 27.7 Å². The van der Waals surface area contributed by atoms with Crippen LogP contribution < -0.4 is 11.1 Å². The Morgan fingerprint density at radius 3 is 2.62 bits per heavy atom. The normalized spacial score (nSPS) is 19.6. The molecular formula is C16H21N3OS. The van der Waals surface area contributed by atoms with Gasteiger partial charge in [-0.25, -0.2) is 0 Å². The van der Waals surface area contributed by atoms with Crippen molar-refractivity contribution in [1.82, 2.24) is 10.3 Å². The second-order valence-corrected chi connectivity index (χ2v) is 7.95. The van der Waals surface area contributed by atoms with E-state index in [2.05, 4.69) is 38.0 Å². The highest BCUT2D eigenvalue weighted by molar-refractivity contribution is 7.21. The molecule has 1 fully saturated rings. The summed E-state index contributed by atoms with van der Waals surface area (Å²) in [5, 5.41) is 3.04. The topological polar surface area (TPSA) is 68.0 Å². The number of nitrogens with zero attached hydrogens (tertiary/aromatic N) is 1. The van der Waals surface area contributed by atoms with Crippen molar-refractivity contribution >= 4 is 33.1 Å². The molecule has 1 saturated carbocycles. The lowest BCUT2D eigenvalue weighted by atomic mass is 10.0. The number of aromatic nitrogens is 1. The van der Waals surface area contributed by atoms with Crippen LogP contribution in [0.15, 0.2) is 18.3 Å². The van der Waals surface area contributed by atoms with Gasteiger partial charge in [0, 0.05) is 12.7 Å². The second kappa shape index (κ2) is 4.44. The first-order valence-corrected chi connectivity index (χ1v) is 7.99. The van der Waals surface area contributed by atoms with Gasteiger partial charge in [0.05, 0.1) is 10.4 Å². The van der Waals surface area contributed by atoms with Gasteiger partial charge in [0.2, 0.25) is 0 Å². The minimum Gasteiger partial charge on any atom is -0.396 e. The third-order valence-corrected chi connectivity index (χ3v) is 6.63. The lowest BCUT2D eigenvalue weighted by molar-refractivity contribution is 0.0955. The van der Waals surface area contributed by atoms with Crippen molar-refractivity contribution in [2.24, 2.45) is 16.7 Å². The van der Waals surface area contributed by atoms with Gasteiger partial charge in [-0.05, 0) is 28.9 Å². The summed E-state index contributed by atoms with van der Waals surface area (Å²) >= 11 is 1.40. The van der Waals surface area contributed by atoms with Crippen LogP contribution in [0.1, 0.15) is 37.4 Å². The Kier molecular flexibility index (Phi) is 3.03. The molecular weight excluding hydrogens is 282 g/mol. The zero-order chi connectivity index (χ0) is 15.4. The molecule has 0 atom stereocenters. The molecule has 0 radical (unpaired) electrons. The number of nitrogens with one attached hydrogen (secondary N) is 1. The maximum Gasteiger partial charge on any atom is 0.263 e. The summed E-state index contributed by atoms with van der Waals surface area (Å²) in [7, 11) is 0. The van der Waals surface area contributed by atoms with Gasteiger partial charge in [-0.3, -0.25) is 9.78 Å². The highest BCUT2D eigenvalue weighted by Gasteiger charge is 2.64. The number of rotatable bonds is 3. The van der Waals surface area contributed by atoms with E-state index in [1.165, 1.54) is 11.3 Å². The van der Waals surface area contributed by atoms with Crippen LogP contribution in [0.25, 0.3) is 10.2 Å². The molecule has 112 valence electrons. The van der Waals surface area contributed by atoms with E-state index >= 15 is 0 Å². The molecule has 2 aromatic rings. The Morgan fingerprint density at radius 2 is 2.05 bits per heavy atom. The lowest BCUT2D eigenvalue weighted by Crippen LogP contribution is -2.27. The average molecular weight is 303 g/mol. The van der Waals surface area contributed by atoms with E-state index in [1.54, 1.807) is 6.20 Å². The van der Waals surface area contributed by atoms with Crippen LogP contribution in [0.4, 0.5) is 5.69 Å². The van der Waals surface area contributed by atoms with Gasteiger partial charge in [-0.2, -0.15) is 0 Å². The first kappa shape index (κ1) is 14.3. The summed E-state index contributed by atoms with van der Waals surface area (Å²) in [5.41, 5.74) is 7.81. The Balaban J connectivity index is 1.75. The summed E-state index contributed by atoms with van der Waals surface area (Å²) in [6.07, 6.45) is 1.70. The largest absolute Gasteiger partial charge is 0.396 e. The zero-order valence-electron chi connectivity index (χ0n) is 12.9. The summed E-state index contributed by atoms with van der Waals surface area (Å²) in [4.78, 5) is 17.2. The third kappa shape index (κ3) is 2.02. The minimum absolute atomic E-state index is 0.0889. The smallest absolute Gasteiger partial charge is 0.263 e. The van der Waals surface area contributed by atoms with Gasteiger partial charge in [0.25, 0.3) is 5.91 Å². The molecule has 0 unspecified atom stereocenters. The van der Waals surface area contributed by atoms with E-state index in [1.807, 2.05) is 12.1 Å². The predicted octanol–water partition coefficient (Wildman–Crippen LogP) is 3.29. The molecule has 5 heteroatoms. The summed E-state index contributed by atoms with van der Waals surface area (Å²) in [5.74, 6) is 0.414. The predicted molar refractivity (Wildman–Crippen MR) is 87.4 cm³/mol. The number of fused-ring (bicyclic) bond motifs is 1. The summed E-state index contributed by atoms with van der Waals surface area (Å²) in [6.45, 7) is 9.70. The Bertz CT molecular complexity index is 703. The van der Waals surface area contributed by atoms with E-state index < -0.39 is 0 Å². The number of nitrogen functional groups attached to an aromatic ring is 1. The molecule has 1 amide bonds. The molecule has 4 nitrogen and oxygen atoms in total. The van der Waals surface area contributed by atoms with E-state index in [0.29, 0.717) is 23.0 Å². The number of amides is 1. The molecule has 2 aromatic heterocycles. The molecule has 3 rings (SSSR count). The Labute approximate surface area is 128 Å². The molecule has 0 aliphatic heterocycles. The maximum atomic E-state index is 12.4. The third-order valence-electron chi connectivity index (χ3n) is 5.48. The van der Waals surface area contributed by atoms with E-state index in [9.17, 15) is 4.79 Å². The van der Waals surface area contributed by atoms with Crippen LogP contribution in [0.5, 0.6) is 0 Å². The SMILES string of the molecule is CC1(C)C(CNC(=O)c2sc3cccnc3c2N)C1(C)C. The highest BCUT2D eigenvalue weighted by Crippen LogP contribution is 2.67. The van der Waals surface area contributed by atoms with Crippen molar-refractivity contribution in [2.75, 3.05) is 12.3 Å². The van der Waals surface area contributed by atoms with Crippen molar-refractivity contribution in [3.05, 3.63) is 23.2 Å². The number of anilines is 1. The van der Waals surface area contributed by atoms with Gasteiger partial charge in [-0.15, -0.1) is 11.3 Å². The van der Waals surface area contributed by atoms with Crippen LogP contribution in [0, 0.1) is 16.7 Å². The molecule has 1 aliphatic rings. The number of thiophene rings is 1. The fourth-order valence-electron chi connectivity index (χ4n) is 3.23. The number of carbonyl (C=O) groups excluding carboxylic acids is 1. The van der Waals surface area contributed by atoms with Gasteiger partial charge in [0.15, 0.2) is 0 Å². The second-order valence-electron chi connectivity index (χ2n) is 6.90. The quantitative estimate of drug-likeness (QED) is 0.914. The van der Waals surface area contributed by atoms with Crippen molar-refractivity contribution in [2.45, 2.75) is 27.7 Å². The van der Waals surface area contributed by atoms with Crippen molar-refractivity contribution in [3.8, 4) is 0 Å². The molecule has 0 spiro atoms. The summed E-state index contributed by atoms with van der Waals surface area (Å²) in [6, 6.07) is 3.79. The molecule has 2 heterocycles. The fourth-order valence-corrected chi connectivity index (χ4v) is 4.23. The Hall–Kier alpha value is -1.62. The lowest BCUT2D eigenvalue weighted by Gasteiger charge is -2.05. The van der Waals surface area contributed by atoms with E-state index in [0.717, 1.165) is 10.2 Å². The summed E-state index contributed by atoms with van der Waals surface area (Å²) < 4.78 is 0.951. The number of nitrogens with two attached hydrogens (primary N) is 1. The Morgan fingerprint density at radius 1 is 1.38 bits per heavy atom. The first-order valence-electron chi connectivity index (χ1n) is 7.18. The van der Waals surface area contributed by atoms with E-state index in [-0.39, 0.29) is 16.7 Å². The van der Waals surface area contributed by atoms with E-state index in [4.69, 9.17) is 5.73 Å². The van der Waals surface area contributed by atoms with Crippen LogP contribution in [0.2, 0.25) is 0 Å². The zero-order valence-corrected chi connectivity index (χ0v) is 13.7. The van der Waals surface area contributed by atoms with Crippen molar-refractivity contribution in [3.63, 3.8) is 0 Å².